The van der Waals surface area contributed by atoms with Crippen LogP contribution in [0.5, 0.6) is 5.75 Å². The third-order valence-corrected chi connectivity index (χ3v) is 4.84. The van der Waals surface area contributed by atoms with Crippen molar-refractivity contribution < 1.29 is 9.50 Å². The maximum atomic E-state index is 12.9. The molecule has 19 heavy (non-hydrogen) atoms. The van der Waals surface area contributed by atoms with Crippen LogP contribution in [-0.2, 0) is 0 Å². The molecule has 1 aliphatic heterocycles. The number of hydrogen-bond acceptors (Lipinski definition) is 3. The van der Waals surface area contributed by atoms with Crippen LogP contribution < -0.4 is 5.32 Å². The average molecular weight is 490 g/mol. The number of benzene rings is 1. The number of alkyl halides is 1. The third-order valence-electron chi connectivity index (χ3n) is 3.39. The summed E-state index contributed by atoms with van der Waals surface area (Å²) in [6, 6.07) is 3.88. The van der Waals surface area contributed by atoms with E-state index in [4.69, 9.17) is 0 Å². The zero-order valence-electron chi connectivity index (χ0n) is 10.5. The molecule has 1 saturated heterocycles. The molecule has 2 rings (SSSR count). The highest BCUT2D eigenvalue weighted by molar-refractivity contribution is 14.1. The van der Waals surface area contributed by atoms with Crippen molar-refractivity contribution in [1.82, 2.24) is 10.2 Å². The Morgan fingerprint density at radius 2 is 2.00 bits per heavy atom. The lowest BCUT2D eigenvalue weighted by Gasteiger charge is -2.35. The highest BCUT2D eigenvalue weighted by atomic mass is 127. The number of nitrogens with one attached hydrogen (secondary N) is 1. The number of halogens is 3. The summed E-state index contributed by atoms with van der Waals surface area (Å²) in [5.41, 5.74) is 0.857. The number of nitrogens with zero attached hydrogens (tertiary/aromatic N) is 1. The first-order chi connectivity index (χ1) is 9.13. The first kappa shape index (κ1) is 15.7. The van der Waals surface area contributed by atoms with E-state index in [1.54, 1.807) is 0 Å². The van der Waals surface area contributed by atoms with Gasteiger partial charge in [0.15, 0.2) is 0 Å². The van der Waals surface area contributed by atoms with Gasteiger partial charge in [-0.3, -0.25) is 9.29 Å². The summed E-state index contributed by atoms with van der Waals surface area (Å²) in [7, 11) is 0. The third kappa shape index (κ3) is 3.92. The van der Waals surface area contributed by atoms with E-state index in [0.717, 1.165) is 38.9 Å². The number of phenolic OH excluding ortho intramolecular Hbond substituents is 1. The van der Waals surface area contributed by atoms with E-state index in [2.05, 4.69) is 55.4 Å². The monoisotopic (exact) mass is 490 g/mol. The van der Waals surface area contributed by atoms with Gasteiger partial charge in [0.25, 0.3) is 0 Å². The van der Waals surface area contributed by atoms with Crippen molar-refractivity contribution in [3.63, 3.8) is 0 Å². The van der Waals surface area contributed by atoms with Crippen LogP contribution in [0.25, 0.3) is 0 Å². The van der Waals surface area contributed by atoms with Gasteiger partial charge < -0.3 is 10.4 Å². The number of hydrogen-bond donors (Lipinski definition) is 2. The van der Waals surface area contributed by atoms with Crippen LogP contribution in [0.15, 0.2) is 12.1 Å². The predicted octanol–water partition coefficient (Wildman–Crippen LogP) is 2.91. The Hall–Kier alpha value is 0.330. The molecule has 0 amide bonds. The summed E-state index contributed by atoms with van der Waals surface area (Å²) in [6.45, 7) is 3.27. The first-order valence-corrected chi connectivity index (χ1v) is 8.48. The molecule has 2 N–H and O–H groups in total. The molecule has 1 aliphatic rings. The summed E-state index contributed by atoms with van der Waals surface area (Å²) in [4.78, 5) is 2.26. The molecule has 0 bridgehead atoms. The SMILES string of the molecule is Oc1c(I)cc(I)cc1[C@@H](CCF)N1CCNCC1. The molecule has 0 spiro atoms. The minimum absolute atomic E-state index is 0.0321. The van der Waals surface area contributed by atoms with Crippen LogP contribution in [-0.4, -0.2) is 42.9 Å². The van der Waals surface area contributed by atoms with Gasteiger partial charge in [-0.2, -0.15) is 0 Å². The van der Waals surface area contributed by atoms with E-state index in [1.165, 1.54) is 0 Å². The van der Waals surface area contributed by atoms with Gasteiger partial charge in [0, 0.05) is 41.4 Å². The molecule has 1 heterocycles. The molecule has 0 saturated carbocycles. The quantitative estimate of drug-likeness (QED) is 0.638. The number of piperazine rings is 1. The van der Waals surface area contributed by atoms with Crippen molar-refractivity contribution in [3.8, 4) is 5.75 Å². The van der Waals surface area contributed by atoms with Crippen molar-refractivity contribution in [2.45, 2.75) is 12.5 Å². The second kappa shape index (κ2) is 7.37. The van der Waals surface area contributed by atoms with Gasteiger partial charge >= 0.3 is 0 Å². The zero-order chi connectivity index (χ0) is 13.8. The lowest BCUT2D eigenvalue weighted by atomic mass is 10.0. The molecular weight excluding hydrogens is 473 g/mol. The van der Waals surface area contributed by atoms with Crippen LogP contribution >= 0.6 is 45.2 Å². The Balaban J connectivity index is 2.32. The van der Waals surface area contributed by atoms with E-state index in [-0.39, 0.29) is 12.7 Å². The van der Waals surface area contributed by atoms with Gasteiger partial charge in [-0.15, -0.1) is 0 Å². The highest BCUT2D eigenvalue weighted by Crippen LogP contribution is 2.36. The fourth-order valence-corrected chi connectivity index (χ4v) is 4.36. The van der Waals surface area contributed by atoms with Gasteiger partial charge in [0.05, 0.1) is 10.2 Å². The van der Waals surface area contributed by atoms with Crippen molar-refractivity contribution in [1.29, 1.82) is 0 Å². The van der Waals surface area contributed by atoms with E-state index < -0.39 is 0 Å². The average Bonchev–Trinajstić information content (AvgIpc) is 2.41. The molecule has 0 unspecified atom stereocenters. The molecule has 106 valence electrons. The number of phenols is 1. The fraction of sp³-hybridized carbons (Fsp3) is 0.538. The van der Waals surface area contributed by atoms with Gasteiger partial charge in [0.2, 0.25) is 0 Å². The normalized spacial score (nSPS) is 18.5. The van der Waals surface area contributed by atoms with Crippen molar-refractivity contribution >= 4 is 45.2 Å². The molecule has 1 fully saturated rings. The molecule has 0 aromatic heterocycles. The number of aromatic hydroxyl groups is 1. The first-order valence-electron chi connectivity index (χ1n) is 6.32. The summed E-state index contributed by atoms with van der Waals surface area (Å²) in [5, 5.41) is 13.6. The Kier molecular flexibility index (Phi) is 6.10. The molecule has 0 radical (unpaired) electrons. The summed E-state index contributed by atoms with van der Waals surface area (Å²) < 4.78 is 14.8. The van der Waals surface area contributed by atoms with Crippen LogP contribution in [0.1, 0.15) is 18.0 Å². The fourth-order valence-electron chi connectivity index (χ4n) is 2.47. The van der Waals surface area contributed by atoms with Gasteiger partial charge in [-0.05, 0) is 63.7 Å². The maximum absolute atomic E-state index is 12.9. The molecule has 6 heteroatoms. The Morgan fingerprint density at radius 1 is 1.32 bits per heavy atom. The van der Waals surface area contributed by atoms with Crippen molar-refractivity contribution in [3.05, 3.63) is 24.8 Å². The maximum Gasteiger partial charge on any atom is 0.133 e. The minimum atomic E-state index is -0.365. The van der Waals surface area contributed by atoms with E-state index in [0.29, 0.717) is 12.2 Å². The Labute approximate surface area is 140 Å². The summed E-state index contributed by atoms with van der Waals surface area (Å²) in [5.74, 6) is 0.304. The van der Waals surface area contributed by atoms with Gasteiger partial charge in [-0.1, -0.05) is 0 Å². The lowest BCUT2D eigenvalue weighted by molar-refractivity contribution is 0.155. The van der Waals surface area contributed by atoms with Crippen LogP contribution in [0.4, 0.5) is 4.39 Å². The summed E-state index contributed by atoms with van der Waals surface area (Å²) in [6.07, 6.45) is 0.434. The molecule has 1 aromatic rings. The van der Waals surface area contributed by atoms with Crippen LogP contribution in [0.2, 0.25) is 0 Å². The van der Waals surface area contributed by atoms with Crippen LogP contribution in [0, 0.1) is 7.14 Å². The smallest absolute Gasteiger partial charge is 0.133 e. The predicted molar refractivity (Wildman–Crippen MR) is 91.3 cm³/mol. The Bertz CT molecular complexity index is 439. The van der Waals surface area contributed by atoms with E-state index in [9.17, 15) is 9.50 Å². The molecule has 0 aliphatic carbocycles. The van der Waals surface area contributed by atoms with Gasteiger partial charge in [-0.25, -0.2) is 0 Å². The largest absolute Gasteiger partial charge is 0.506 e. The molecule has 3 nitrogen and oxygen atoms in total. The molecule has 1 aromatic carbocycles. The topological polar surface area (TPSA) is 35.5 Å². The standard InChI is InChI=1S/C13H17FI2N2O/c14-2-1-12(18-5-3-17-4-6-18)10-7-9(15)8-11(16)13(10)19/h7-8,12,17,19H,1-6H2/t12-/m1/s1. The zero-order valence-corrected chi connectivity index (χ0v) is 14.8. The second-order valence-electron chi connectivity index (χ2n) is 4.60. The second-order valence-corrected chi connectivity index (χ2v) is 7.01. The highest BCUT2D eigenvalue weighted by Gasteiger charge is 2.25. The minimum Gasteiger partial charge on any atom is -0.506 e. The molecular formula is C13H17FI2N2O. The van der Waals surface area contributed by atoms with E-state index in [1.807, 2.05) is 12.1 Å². The van der Waals surface area contributed by atoms with Crippen LogP contribution in [0.3, 0.4) is 0 Å². The van der Waals surface area contributed by atoms with Crippen molar-refractivity contribution in [2.75, 3.05) is 32.9 Å². The Morgan fingerprint density at radius 3 is 2.63 bits per heavy atom. The van der Waals surface area contributed by atoms with Gasteiger partial charge in [0.1, 0.15) is 5.75 Å². The van der Waals surface area contributed by atoms with E-state index >= 15 is 0 Å². The van der Waals surface area contributed by atoms with Crippen molar-refractivity contribution in [2.24, 2.45) is 0 Å². The molecule has 1 atom stereocenters. The summed E-state index contributed by atoms with van der Waals surface area (Å²) >= 11 is 4.37. The number of rotatable bonds is 4. The lowest BCUT2D eigenvalue weighted by Crippen LogP contribution is -2.45.